The van der Waals surface area contributed by atoms with Gasteiger partial charge in [-0.1, -0.05) is 0 Å². The molecule has 2 heterocycles. The third-order valence-corrected chi connectivity index (χ3v) is 8.90. The van der Waals surface area contributed by atoms with Crippen LogP contribution in [0, 0.1) is 5.92 Å². The molecule has 1 aromatic rings. The van der Waals surface area contributed by atoms with Gasteiger partial charge in [-0.2, -0.15) is 24.9 Å². The Morgan fingerprint density at radius 1 is 1.32 bits per heavy atom. The van der Waals surface area contributed by atoms with Crippen molar-refractivity contribution in [3.05, 3.63) is 22.7 Å². The number of sulfonamides is 1. The SMILES string of the molecule is COCCN1CCC(CNS(=O)(=O)c2ccc(N3CC(SC)C3)cc2Br)C1.O=C(O)C(F)(F)F. The highest BCUT2D eigenvalue weighted by Crippen LogP contribution is 2.32. The lowest BCUT2D eigenvalue weighted by molar-refractivity contribution is -0.192. The van der Waals surface area contributed by atoms with Gasteiger partial charge in [-0.25, -0.2) is 17.9 Å². The summed E-state index contributed by atoms with van der Waals surface area (Å²) in [4.78, 5) is 13.8. The summed E-state index contributed by atoms with van der Waals surface area (Å²) in [5, 5.41) is 7.80. The molecule has 194 valence electrons. The number of hydrogen-bond acceptors (Lipinski definition) is 7. The Balaban J connectivity index is 0.000000509. The minimum Gasteiger partial charge on any atom is -0.475 e. The lowest BCUT2D eigenvalue weighted by Crippen LogP contribution is -2.49. The predicted molar refractivity (Wildman–Crippen MR) is 129 cm³/mol. The van der Waals surface area contributed by atoms with E-state index in [2.05, 4.69) is 36.7 Å². The number of rotatable bonds is 9. The normalized spacial score (nSPS) is 19.5. The number of methoxy groups -OCH3 is 1. The first-order chi connectivity index (χ1) is 15.9. The van der Waals surface area contributed by atoms with Gasteiger partial charge in [0.25, 0.3) is 0 Å². The van der Waals surface area contributed by atoms with E-state index in [1.165, 1.54) is 0 Å². The Hall–Kier alpha value is -1.06. The molecule has 0 radical (unpaired) electrons. The van der Waals surface area contributed by atoms with E-state index < -0.39 is 22.2 Å². The summed E-state index contributed by atoms with van der Waals surface area (Å²) in [6, 6.07) is 5.51. The fraction of sp³-hybridized carbons (Fsp3) is 0.650. The van der Waals surface area contributed by atoms with Gasteiger partial charge in [-0.15, -0.1) is 0 Å². The number of benzene rings is 1. The van der Waals surface area contributed by atoms with Crippen molar-refractivity contribution in [1.29, 1.82) is 0 Å². The molecule has 34 heavy (non-hydrogen) atoms. The highest BCUT2D eigenvalue weighted by atomic mass is 79.9. The van der Waals surface area contributed by atoms with Crippen molar-refractivity contribution in [3.63, 3.8) is 0 Å². The second-order valence-electron chi connectivity index (χ2n) is 7.98. The quantitative estimate of drug-likeness (QED) is 0.452. The van der Waals surface area contributed by atoms with Crippen molar-refractivity contribution in [2.75, 3.05) is 64.1 Å². The number of alkyl halides is 3. The molecule has 3 rings (SSSR count). The Labute approximate surface area is 210 Å². The lowest BCUT2D eigenvalue weighted by Gasteiger charge is -2.40. The number of anilines is 1. The van der Waals surface area contributed by atoms with Crippen molar-refractivity contribution < 1.29 is 36.2 Å². The molecule has 0 amide bonds. The van der Waals surface area contributed by atoms with E-state index in [-0.39, 0.29) is 0 Å². The highest BCUT2D eigenvalue weighted by Gasteiger charge is 2.38. The summed E-state index contributed by atoms with van der Waals surface area (Å²) in [6.07, 6.45) is -1.95. The Morgan fingerprint density at radius 3 is 2.50 bits per heavy atom. The van der Waals surface area contributed by atoms with Gasteiger partial charge in [0.05, 0.1) is 11.5 Å². The smallest absolute Gasteiger partial charge is 0.475 e. The molecule has 0 spiro atoms. The van der Waals surface area contributed by atoms with Crippen LogP contribution in [0.1, 0.15) is 6.42 Å². The van der Waals surface area contributed by atoms with E-state index >= 15 is 0 Å². The van der Waals surface area contributed by atoms with Crippen LogP contribution in [0.3, 0.4) is 0 Å². The number of carboxylic acid groups (broad SMARTS) is 1. The first-order valence-corrected chi connectivity index (χ1v) is 14.0. The monoisotopic (exact) mass is 591 g/mol. The molecule has 2 aliphatic rings. The molecular weight excluding hydrogens is 563 g/mol. The van der Waals surface area contributed by atoms with Crippen LogP contribution in [-0.4, -0.2) is 95.1 Å². The van der Waals surface area contributed by atoms with Crippen LogP contribution in [-0.2, 0) is 19.6 Å². The number of likely N-dealkylation sites (tertiary alicyclic amines) is 1. The summed E-state index contributed by atoms with van der Waals surface area (Å²) in [5.41, 5.74) is 1.07. The number of carboxylic acids is 1. The molecule has 2 N–H and O–H groups in total. The van der Waals surface area contributed by atoms with Gasteiger partial charge in [0.1, 0.15) is 0 Å². The summed E-state index contributed by atoms with van der Waals surface area (Å²) in [6.45, 7) is 6.03. The van der Waals surface area contributed by atoms with Crippen molar-refractivity contribution in [2.24, 2.45) is 5.92 Å². The van der Waals surface area contributed by atoms with Crippen molar-refractivity contribution in [2.45, 2.75) is 22.7 Å². The molecule has 0 aromatic heterocycles. The molecule has 1 unspecified atom stereocenters. The predicted octanol–water partition coefficient (Wildman–Crippen LogP) is 2.88. The number of nitrogens with one attached hydrogen (secondary N) is 1. The van der Waals surface area contributed by atoms with E-state index in [1.807, 2.05) is 23.9 Å². The molecule has 2 aliphatic heterocycles. The first-order valence-electron chi connectivity index (χ1n) is 10.5. The zero-order valence-electron chi connectivity index (χ0n) is 18.8. The fourth-order valence-corrected chi connectivity index (χ4v) is 6.35. The summed E-state index contributed by atoms with van der Waals surface area (Å²) < 4.78 is 65.7. The third kappa shape index (κ3) is 8.55. The van der Waals surface area contributed by atoms with Crippen LogP contribution in [0.25, 0.3) is 0 Å². The number of ether oxygens (including phenoxy) is 1. The van der Waals surface area contributed by atoms with Crippen molar-refractivity contribution in [1.82, 2.24) is 9.62 Å². The largest absolute Gasteiger partial charge is 0.490 e. The van der Waals surface area contributed by atoms with Crippen LogP contribution in [0.2, 0.25) is 0 Å². The maximum atomic E-state index is 12.7. The molecule has 0 bridgehead atoms. The zero-order chi connectivity index (χ0) is 25.5. The Bertz CT molecular complexity index is 931. The van der Waals surface area contributed by atoms with Crippen LogP contribution in [0.4, 0.5) is 18.9 Å². The number of nitrogens with zero attached hydrogens (tertiary/aromatic N) is 2. The average molecular weight is 593 g/mol. The standard InChI is InChI=1S/C18H28BrN3O3S2.C2HF3O2/c1-25-8-7-21-6-5-14(11-21)10-20-27(23,24)18-4-3-15(9-17(18)19)22-12-16(13-22)26-2;3-2(4,5)1(6)7/h3-4,9,14,16,20H,5-8,10-13H2,1-2H3;(H,6,7). The van der Waals surface area contributed by atoms with Crippen LogP contribution in [0.15, 0.2) is 27.6 Å². The van der Waals surface area contributed by atoms with Crippen LogP contribution in [0.5, 0.6) is 0 Å². The van der Waals surface area contributed by atoms with E-state index in [1.54, 1.807) is 13.2 Å². The van der Waals surface area contributed by atoms with Crippen LogP contribution >= 0.6 is 27.7 Å². The van der Waals surface area contributed by atoms with Gasteiger partial charge in [-0.3, -0.25) is 0 Å². The average Bonchev–Trinajstić information content (AvgIpc) is 3.17. The van der Waals surface area contributed by atoms with E-state index in [0.717, 1.165) is 44.8 Å². The summed E-state index contributed by atoms with van der Waals surface area (Å²) in [7, 11) is -1.82. The molecule has 1 atom stereocenters. The van der Waals surface area contributed by atoms with Crippen LogP contribution < -0.4 is 9.62 Å². The topological polar surface area (TPSA) is 99.2 Å². The Morgan fingerprint density at radius 2 is 1.97 bits per heavy atom. The molecule has 1 aromatic carbocycles. The number of halogens is 4. The second kappa shape index (κ2) is 12.8. The summed E-state index contributed by atoms with van der Waals surface area (Å²) >= 11 is 5.33. The van der Waals surface area contributed by atoms with E-state index in [4.69, 9.17) is 14.6 Å². The minimum absolute atomic E-state index is 0.308. The molecule has 0 saturated carbocycles. The van der Waals surface area contributed by atoms with Gasteiger partial charge >= 0.3 is 12.1 Å². The molecule has 14 heteroatoms. The zero-order valence-corrected chi connectivity index (χ0v) is 22.1. The molecule has 8 nitrogen and oxygen atoms in total. The fourth-order valence-electron chi connectivity index (χ4n) is 3.51. The third-order valence-electron chi connectivity index (χ3n) is 5.54. The van der Waals surface area contributed by atoms with E-state index in [9.17, 15) is 21.6 Å². The molecular formula is C20H29BrF3N3O5S2. The second-order valence-corrected chi connectivity index (χ2v) is 11.7. The van der Waals surface area contributed by atoms with Gasteiger partial charge < -0.3 is 19.6 Å². The van der Waals surface area contributed by atoms with Gasteiger partial charge in [0, 0.05) is 55.2 Å². The lowest BCUT2D eigenvalue weighted by atomic mass is 10.1. The van der Waals surface area contributed by atoms with Gasteiger partial charge in [0.2, 0.25) is 10.0 Å². The van der Waals surface area contributed by atoms with Gasteiger partial charge in [0.15, 0.2) is 0 Å². The Kier molecular flexibility index (Phi) is 11.0. The van der Waals surface area contributed by atoms with Gasteiger partial charge in [-0.05, 0) is 59.3 Å². The maximum Gasteiger partial charge on any atom is 0.490 e. The van der Waals surface area contributed by atoms with Crippen molar-refractivity contribution in [3.8, 4) is 0 Å². The summed E-state index contributed by atoms with van der Waals surface area (Å²) in [5.74, 6) is -2.41. The highest BCUT2D eigenvalue weighted by molar-refractivity contribution is 9.10. The molecule has 2 saturated heterocycles. The molecule has 2 fully saturated rings. The number of carbonyl (C=O) groups is 1. The minimum atomic E-state index is -5.08. The number of aliphatic carboxylic acids is 1. The number of thioether (sulfide) groups is 1. The molecule has 0 aliphatic carbocycles. The maximum absolute atomic E-state index is 12.7. The van der Waals surface area contributed by atoms with E-state index in [0.29, 0.717) is 33.7 Å². The first kappa shape index (κ1) is 29.2. The van der Waals surface area contributed by atoms with Crippen molar-refractivity contribution >= 4 is 49.4 Å². The number of hydrogen-bond donors (Lipinski definition) is 2.